The molecule has 0 radical (unpaired) electrons. The molecule has 0 saturated heterocycles. The van der Waals surface area contributed by atoms with Crippen LogP contribution < -0.4 is 0 Å². The van der Waals surface area contributed by atoms with E-state index in [1.807, 2.05) is 48.5 Å². The van der Waals surface area contributed by atoms with Crippen molar-refractivity contribution in [3.05, 3.63) is 95.3 Å². The highest BCUT2D eigenvalue weighted by Crippen LogP contribution is 2.31. The van der Waals surface area contributed by atoms with Gasteiger partial charge in [0.2, 0.25) is 0 Å². The lowest BCUT2D eigenvalue weighted by Gasteiger charge is -2.07. The van der Waals surface area contributed by atoms with Gasteiger partial charge in [0.15, 0.2) is 0 Å². The maximum absolute atomic E-state index is 6.41. The normalized spacial score (nSPS) is 11.0. The Morgan fingerprint density at radius 3 is 2.39 bits per heavy atom. The average Bonchev–Trinajstić information content (AvgIpc) is 2.95. The number of aromatic nitrogens is 2. The first-order chi connectivity index (χ1) is 11.3. The Balaban J connectivity index is 1.93. The number of imidazole rings is 1. The van der Waals surface area contributed by atoms with Crippen molar-refractivity contribution in [1.29, 1.82) is 0 Å². The van der Waals surface area contributed by atoms with Crippen molar-refractivity contribution in [1.82, 2.24) is 9.38 Å². The number of nitrogens with zero attached hydrogens (tertiary/aromatic N) is 2. The minimum absolute atomic E-state index is 0.727. The zero-order valence-electron chi connectivity index (χ0n) is 12.5. The molecule has 0 aliphatic carbocycles. The van der Waals surface area contributed by atoms with Crippen LogP contribution in [0.15, 0.2) is 79.0 Å². The van der Waals surface area contributed by atoms with Gasteiger partial charge in [-0.25, -0.2) is 4.98 Å². The summed E-state index contributed by atoms with van der Waals surface area (Å²) in [6, 6.07) is 24.4. The van der Waals surface area contributed by atoms with Crippen molar-refractivity contribution >= 4 is 17.2 Å². The third kappa shape index (κ3) is 2.62. The topological polar surface area (TPSA) is 17.3 Å². The first-order valence-corrected chi connectivity index (χ1v) is 7.95. The summed E-state index contributed by atoms with van der Waals surface area (Å²) in [5, 5.41) is 0.727. The Morgan fingerprint density at radius 2 is 1.57 bits per heavy atom. The molecule has 4 rings (SSSR count). The maximum atomic E-state index is 6.41. The molecule has 2 heterocycles. The first kappa shape index (κ1) is 14.0. The minimum atomic E-state index is 0.727. The lowest BCUT2D eigenvalue weighted by atomic mass is 10.0. The van der Waals surface area contributed by atoms with Gasteiger partial charge in [-0.3, -0.25) is 0 Å². The highest BCUT2D eigenvalue weighted by atomic mass is 35.5. The number of fused-ring (bicyclic) bond motifs is 1. The van der Waals surface area contributed by atoms with E-state index in [-0.39, 0.29) is 0 Å². The number of halogens is 1. The van der Waals surface area contributed by atoms with E-state index >= 15 is 0 Å². The van der Waals surface area contributed by atoms with Gasteiger partial charge in [0, 0.05) is 18.2 Å². The van der Waals surface area contributed by atoms with Gasteiger partial charge in [0.05, 0.1) is 16.4 Å². The fraction of sp³-hybridized carbons (Fsp3) is 0.0500. The largest absolute Gasteiger partial charge is 0.303 e. The molecule has 0 spiro atoms. The third-order valence-corrected chi connectivity index (χ3v) is 4.30. The Morgan fingerprint density at radius 1 is 0.826 bits per heavy atom. The molecule has 3 heteroatoms. The molecule has 23 heavy (non-hydrogen) atoms. The summed E-state index contributed by atoms with van der Waals surface area (Å²) in [5.74, 6) is 0. The number of pyridine rings is 1. The maximum Gasteiger partial charge on any atom is 0.137 e. The van der Waals surface area contributed by atoms with Gasteiger partial charge in [0.1, 0.15) is 5.65 Å². The molecule has 2 aromatic carbocycles. The van der Waals surface area contributed by atoms with Crippen molar-refractivity contribution in [3.63, 3.8) is 0 Å². The van der Waals surface area contributed by atoms with E-state index < -0.39 is 0 Å². The van der Waals surface area contributed by atoms with Crippen molar-refractivity contribution in [3.8, 4) is 11.3 Å². The molecule has 0 saturated carbocycles. The van der Waals surface area contributed by atoms with E-state index in [0.29, 0.717) is 0 Å². The van der Waals surface area contributed by atoms with Crippen molar-refractivity contribution in [2.24, 2.45) is 0 Å². The fourth-order valence-corrected chi connectivity index (χ4v) is 3.10. The van der Waals surface area contributed by atoms with Crippen molar-refractivity contribution in [2.75, 3.05) is 0 Å². The predicted octanol–water partition coefficient (Wildman–Crippen LogP) is 5.25. The Bertz CT molecular complexity index is 958. The van der Waals surface area contributed by atoms with Crippen LogP contribution in [0.25, 0.3) is 16.9 Å². The smallest absolute Gasteiger partial charge is 0.137 e. The predicted molar refractivity (Wildman–Crippen MR) is 94.9 cm³/mol. The van der Waals surface area contributed by atoms with Crippen LogP contribution in [0.2, 0.25) is 5.02 Å². The molecule has 2 aromatic heterocycles. The lowest BCUT2D eigenvalue weighted by Crippen LogP contribution is -1.96. The van der Waals surface area contributed by atoms with Gasteiger partial charge in [-0.15, -0.1) is 0 Å². The SMILES string of the molecule is Clc1ccccc1-c1nc2ccccn2c1Cc1ccccc1. The summed E-state index contributed by atoms with van der Waals surface area (Å²) in [5.41, 5.74) is 5.27. The summed E-state index contributed by atoms with van der Waals surface area (Å²) in [7, 11) is 0. The molecule has 0 aliphatic heterocycles. The van der Waals surface area contributed by atoms with Gasteiger partial charge in [0.25, 0.3) is 0 Å². The van der Waals surface area contributed by atoms with E-state index in [9.17, 15) is 0 Å². The van der Waals surface area contributed by atoms with Gasteiger partial charge in [-0.1, -0.05) is 66.2 Å². The van der Waals surface area contributed by atoms with Crippen LogP contribution in [0, 0.1) is 0 Å². The lowest BCUT2D eigenvalue weighted by molar-refractivity contribution is 1.03. The summed E-state index contributed by atoms with van der Waals surface area (Å²) in [6.07, 6.45) is 2.87. The molecule has 4 aromatic rings. The van der Waals surface area contributed by atoms with Crippen LogP contribution in [-0.4, -0.2) is 9.38 Å². The quantitative estimate of drug-likeness (QED) is 0.504. The van der Waals surface area contributed by atoms with E-state index in [1.54, 1.807) is 0 Å². The fourth-order valence-electron chi connectivity index (χ4n) is 2.87. The van der Waals surface area contributed by atoms with Crippen molar-refractivity contribution < 1.29 is 0 Å². The molecule has 0 N–H and O–H groups in total. The Labute approximate surface area is 140 Å². The molecule has 0 aliphatic rings. The first-order valence-electron chi connectivity index (χ1n) is 7.58. The van der Waals surface area contributed by atoms with E-state index in [1.165, 1.54) is 5.56 Å². The molecule has 0 atom stereocenters. The van der Waals surface area contributed by atoms with Crippen molar-refractivity contribution in [2.45, 2.75) is 6.42 Å². The molecular weight excluding hydrogens is 304 g/mol. The second-order valence-corrected chi connectivity index (χ2v) is 5.89. The second kappa shape index (κ2) is 5.90. The molecule has 0 bridgehead atoms. The molecule has 0 unspecified atom stereocenters. The van der Waals surface area contributed by atoms with Crippen LogP contribution in [0.5, 0.6) is 0 Å². The molecule has 0 amide bonds. The van der Waals surface area contributed by atoms with Gasteiger partial charge in [-0.2, -0.15) is 0 Å². The van der Waals surface area contributed by atoms with Gasteiger partial charge < -0.3 is 4.40 Å². The average molecular weight is 319 g/mol. The highest BCUT2D eigenvalue weighted by Gasteiger charge is 2.16. The van der Waals surface area contributed by atoms with Gasteiger partial charge >= 0.3 is 0 Å². The van der Waals surface area contributed by atoms with Crippen LogP contribution in [0.1, 0.15) is 11.3 Å². The number of benzene rings is 2. The van der Waals surface area contributed by atoms with Gasteiger partial charge in [-0.05, 0) is 23.8 Å². The Hall–Kier alpha value is -2.58. The number of rotatable bonds is 3. The third-order valence-electron chi connectivity index (χ3n) is 3.97. The van der Waals surface area contributed by atoms with Crippen LogP contribution in [-0.2, 0) is 6.42 Å². The molecule has 0 fully saturated rings. The standard InChI is InChI=1S/C20H15ClN2/c21-17-11-5-4-10-16(17)20-18(14-15-8-2-1-3-9-15)23-13-7-6-12-19(23)22-20/h1-13H,14H2. The highest BCUT2D eigenvalue weighted by molar-refractivity contribution is 6.33. The zero-order chi connectivity index (χ0) is 15.6. The Kier molecular flexibility index (Phi) is 3.60. The number of hydrogen-bond donors (Lipinski definition) is 0. The van der Waals surface area contributed by atoms with E-state index in [4.69, 9.17) is 16.6 Å². The molecule has 2 nitrogen and oxygen atoms in total. The summed E-state index contributed by atoms with van der Waals surface area (Å²) in [6.45, 7) is 0. The molecule has 112 valence electrons. The summed E-state index contributed by atoms with van der Waals surface area (Å²) in [4.78, 5) is 4.82. The second-order valence-electron chi connectivity index (χ2n) is 5.48. The number of hydrogen-bond acceptors (Lipinski definition) is 1. The minimum Gasteiger partial charge on any atom is -0.303 e. The van der Waals surface area contributed by atoms with Crippen LogP contribution >= 0.6 is 11.6 Å². The summed E-state index contributed by atoms with van der Waals surface area (Å²) >= 11 is 6.41. The molecular formula is C20H15ClN2. The van der Waals surface area contributed by atoms with Crippen LogP contribution in [0.3, 0.4) is 0 Å². The summed E-state index contributed by atoms with van der Waals surface area (Å²) < 4.78 is 2.14. The van der Waals surface area contributed by atoms with Crippen LogP contribution in [0.4, 0.5) is 0 Å². The van der Waals surface area contributed by atoms with E-state index in [0.717, 1.165) is 34.0 Å². The van der Waals surface area contributed by atoms with E-state index in [2.05, 4.69) is 34.9 Å². The monoisotopic (exact) mass is 318 g/mol. The zero-order valence-corrected chi connectivity index (χ0v) is 13.2.